The van der Waals surface area contributed by atoms with Gasteiger partial charge < -0.3 is 14.5 Å². The number of furan rings is 1. The molecule has 3 aromatic rings. The zero-order chi connectivity index (χ0) is 21.7. The number of benzene rings is 2. The van der Waals surface area contributed by atoms with Gasteiger partial charge in [-0.25, -0.2) is 0 Å². The van der Waals surface area contributed by atoms with E-state index in [1.165, 1.54) is 13.2 Å². The first kappa shape index (κ1) is 21.9. The maximum Gasteiger partial charge on any atom is 0.250 e. The number of ether oxygens (including phenoxy) is 1. The molecule has 8 heteroatoms. The third-order valence-electron chi connectivity index (χ3n) is 4.13. The van der Waals surface area contributed by atoms with Gasteiger partial charge in [0.1, 0.15) is 17.3 Å². The van der Waals surface area contributed by atoms with Gasteiger partial charge in [0.15, 0.2) is 5.11 Å². The number of aryl methyl sites for hydroxylation is 1. The van der Waals surface area contributed by atoms with Gasteiger partial charge in [0.2, 0.25) is 5.91 Å². The molecule has 0 atom stereocenters. The van der Waals surface area contributed by atoms with Gasteiger partial charge in [0.25, 0.3) is 0 Å². The average Bonchev–Trinajstić information content (AvgIpc) is 3.18. The van der Waals surface area contributed by atoms with E-state index in [0.717, 1.165) is 11.1 Å². The van der Waals surface area contributed by atoms with Crippen LogP contribution >= 0.6 is 35.4 Å². The minimum atomic E-state index is -0.412. The number of nitrogens with one attached hydrogen (secondary N) is 2. The van der Waals surface area contributed by atoms with Crippen molar-refractivity contribution in [1.82, 2.24) is 5.32 Å². The molecule has 0 radical (unpaired) electrons. The highest BCUT2D eigenvalue weighted by Crippen LogP contribution is 2.28. The molecule has 154 valence electrons. The number of hydrogen-bond acceptors (Lipinski definition) is 4. The van der Waals surface area contributed by atoms with Crippen LogP contribution in [-0.4, -0.2) is 18.1 Å². The molecule has 0 saturated carbocycles. The van der Waals surface area contributed by atoms with Crippen molar-refractivity contribution in [2.24, 2.45) is 0 Å². The Hall–Kier alpha value is -2.80. The van der Waals surface area contributed by atoms with Crippen molar-refractivity contribution in [2.75, 3.05) is 12.4 Å². The monoisotopic (exact) mass is 460 g/mol. The molecule has 1 aromatic heterocycles. The minimum Gasteiger partial charge on any atom is -0.495 e. The van der Waals surface area contributed by atoms with Crippen LogP contribution in [0.15, 0.2) is 59.0 Å². The van der Waals surface area contributed by atoms with Crippen LogP contribution in [0.4, 0.5) is 5.69 Å². The summed E-state index contributed by atoms with van der Waals surface area (Å²) in [4.78, 5) is 12.2. The maximum absolute atomic E-state index is 12.2. The average molecular weight is 461 g/mol. The van der Waals surface area contributed by atoms with Crippen LogP contribution < -0.4 is 15.4 Å². The van der Waals surface area contributed by atoms with Gasteiger partial charge in [0, 0.05) is 21.7 Å². The Labute approximate surface area is 189 Å². The van der Waals surface area contributed by atoms with Gasteiger partial charge in [-0.05, 0) is 67.2 Å². The summed E-state index contributed by atoms with van der Waals surface area (Å²) < 4.78 is 11.0. The highest BCUT2D eigenvalue weighted by molar-refractivity contribution is 7.80. The summed E-state index contributed by atoms with van der Waals surface area (Å²) in [6.07, 6.45) is 2.88. The van der Waals surface area contributed by atoms with Crippen LogP contribution in [0.5, 0.6) is 5.75 Å². The van der Waals surface area contributed by atoms with Crippen molar-refractivity contribution >= 4 is 58.2 Å². The quantitative estimate of drug-likeness (QED) is 0.355. The van der Waals surface area contributed by atoms with E-state index in [4.69, 9.17) is 44.6 Å². The molecule has 30 heavy (non-hydrogen) atoms. The summed E-state index contributed by atoms with van der Waals surface area (Å²) in [5.74, 6) is 1.31. The van der Waals surface area contributed by atoms with E-state index in [1.807, 2.05) is 31.2 Å². The molecule has 0 bridgehead atoms. The number of carbonyl (C=O) groups is 1. The van der Waals surface area contributed by atoms with Crippen molar-refractivity contribution in [3.8, 4) is 17.1 Å². The van der Waals surface area contributed by atoms with E-state index in [2.05, 4.69) is 10.6 Å². The molecule has 0 aliphatic heterocycles. The first-order valence-electron chi connectivity index (χ1n) is 8.85. The van der Waals surface area contributed by atoms with Crippen LogP contribution in [0.25, 0.3) is 17.4 Å². The van der Waals surface area contributed by atoms with Crippen molar-refractivity contribution in [3.63, 3.8) is 0 Å². The highest BCUT2D eigenvalue weighted by atomic mass is 35.5. The van der Waals surface area contributed by atoms with E-state index in [-0.39, 0.29) is 5.11 Å². The molecule has 1 amide bonds. The molecule has 0 fully saturated rings. The number of carbonyl (C=O) groups excluding carboxylic acids is 1. The lowest BCUT2D eigenvalue weighted by Crippen LogP contribution is -2.32. The summed E-state index contributed by atoms with van der Waals surface area (Å²) in [6, 6.07) is 14.3. The van der Waals surface area contributed by atoms with Gasteiger partial charge in [-0.1, -0.05) is 35.3 Å². The molecule has 0 unspecified atom stereocenters. The first-order chi connectivity index (χ1) is 14.4. The Morgan fingerprint density at radius 3 is 2.67 bits per heavy atom. The molecule has 0 spiro atoms. The largest absolute Gasteiger partial charge is 0.495 e. The van der Waals surface area contributed by atoms with Crippen LogP contribution in [0.2, 0.25) is 10.0 Å². The maximum atomic E-state index is 12.2. The molecule has 0 saturated heterocycles. The number of thiocarbonyl (C=S) groups is 1. The van der Waals surface area contributed by atoms with Crippen LogP contribution in [0.3, 0.4) is 0 Å². The Morgan fingerprint density at radius 1 is 1.13 bits per heavy atom. The van der Waals surface area contributed by atoms with E-state index < -0.39 is 5.91 Å². The Balaban J connectivity index is 1.61. The second-order valence-electron chi connectivity index (χ2n) is 6.29. The van der Waals surface area contributed by atoms with Gasteiger partial charge in [-0.2, -0.15) is 0 Å². The minimum absolute atomic E-state index is 0.111. The zero-order valence-corrected chi connectivity index (χ0v) is 18.5. The SMILES string of the molecule is COc1ccc(Cl)cc1NC(=S)NC(=O)/C=C/c1ccc(-c2ccc(C)c(Cl)c2)o1. The molecule has 3 rings (SSSR count). The lowest BCUT2D eigenvalue weighted by molar-refractivity contribution is -0.115. The summed E-state index contributed by atoms with van der Waals surface area (Å²) in [5.41, 5.74) is 2.39. The third-order valence-corrected chi connectivity index (χ3v) is 4.97. The Morgan fingerprint density at radius 2 is 1.93 bits per heavy atom. The fourth-order valence-electron chi connectivity index (χ4n) is 2.59. The van der Waals surface area contributed by atoms with Gasteiger partial charge in [0.05, 0.1) is 12.8 Å². The Kier molecular flexibility index (Phi) is 7.15. The lowest BCUT2D eigenvalue weighted by Gasteiger charge is -2.12. The van der Waals surface area contributed by atoms with E-state index >= 15 is 0 Å². The molecule has 0 aliphatic rings. The number of amides is 1. The zero-order valence-electron chi connectivity index (χ0n) is 16.2. The summed E-state index contributed by atoms with van der Waals surface area (Å²) in [6.45, 7) is 1.93. The predicted octanol–water partition coefficient (Wildman–Crippen LogP) is 6.10. The molecule has 1 heterocycles. The summed E-state index contributed by atoms with van der Waals surface area (Å²) in [7, 11) is 1.53. The fraction of sp³-hybridized carbons (Fsp3) is 0.0909. The third kappa shape index (κ3) is 5.63. The van der Waals surface area contributed by atoms with E-state index in [0.29, 0.717) is 33.0 Å². The first-order valence-corrected chi connectivity index (χ1v) is 10.0. The van der Waals surface area contributed by atoms with Gasteiger partial charge in [-0.3, -0.25) is 10.1 Å². The topological polar surface area (TPSA) is 63.5 Å². The lowest BCUT2D eigenvalue weighted by atomic mass is 10.1. The summed E-state index contributed by atoms with van der Waals surface area (Å²) >= 11 is 17.3. The van der Waals surface area contributed by atoms with Crippen LogP contribution in [0, 0.1) is 6.92 Å². The number of hydrogen-bond donors (Lipinski definition) is 2. The molecular formula is C22H18Cl2N2O3S. The second-order valence-corrected chi connectivity index (χ2v) is 7.54. The number of rotatable bonds is 5. The highest BCUT2D eigenvalue weighted by Gasteiger charge is 2.08. The van der Waals surface area contributed by atoms with Crippen molar-refractivity contribution in [1.29, 1.82) is 0 Å². The second kappa shape index (κ2) is 9.80. The van der Waals surface area contributed by atoms with E-state index in [1.54, 1.807) is 30.3 Å². The Bertz CT molecular complexity index is 1130. The summed E-state index contributed by atoms with van der Waals surface area (Å²) in [5, 5.41) is 6.73. The fourth-order valence-corrected chi connectivity index (χ4v) is 3.15. The van der Waals surface area contributed by atoms with E-state index in [9.17, 15) is 4.79 Å². The van der Waals surface area contributed by atoms with Crippen LogP contribution in [-0.2, 0) is 4.79 Å². The van der Waals surface area contributed by atoms with Gasteiger partial charge >= 0.3 is 0 Å². The van der Waals surface area contributed by atoms with Crippen molar-refractivity contribution in [2.45, 2.75) is 6.92 Å². The molecule has 2 aromatic carbocycles. The molecule has 2 N–H and O–H groups in total. The normalized spacial score (nSPS) is 10.8. The molecule has 0 aliphatic carbocycles. The molecular weight excluding hydrogens is 443 g/mol. The van der Waals surface area contributed by atoms with Crippen LogP contribution in [0.1, 0.15) is 11.3 Å². The predicted molar refractivity (Wildman–Crippen MR) is 125 cm³/mol. The van der Waals surface area contributed by atoms with Crippen molar-refractivity contribution in [3.05, 3.63) is 76.0 Å². The van der Waals surface area contributed by atoms with Gasteiger partial charge in [-0.15, -0.1) is 0 Å². The smallest absolute Gasteiger partial charge is 0.250 e. The molecule has 5 nitrogen and oxygen atoms in total. The number of halogens is 2. The van der Waals surface area contributed by atoms with Crippen molar-refractivity contribution < 1.29 is 13.9 Å². The number of anilines is 1. The number of methoxy groups -OCH3 is 1. The standard InChI is InChI=1S/C22H18Cl2N2O3S/c1-13-3-4-14(11-17(13)24)19-9-6-16(29-19)7-10-21(27)26-22(30)25-18-12-15(23)5-8-20(18)28-2/h3-12H,1-2H3,(H2,25,26,27,30)/b10-7+.